The Kier molecular flexibility index (Phi) is 8.93. The van der Waals surface area contributed by atoms with Gasteiger partial charge in [0, 0.05) is 6.08 Å². The fourth-order valence-electron chi connectivity index (χ4n) is 1.89. The van der Waals surface area contributed by atoms with Gasteiger partial charge in [0.15, 0.2) is 0 Å². The molecule has 1 unspecified atom stereocenters. The van der Waals surface area contributed by atoms with Gasteiger partial charge in [0.2, 0.25) is 0 Å². The van der Waals surface area contributed by atoms with Gasteiger partial charge in [-0.2, -0.15) is 0 Å². The molecule has 0 rings (SSSR count). The maximum atomic E-state index is 11.3. The second kappa shape index (κ2) is 9.26. The molecule has 0 bridgehead atoms. The lowest BCUT2D eigenvalue weighted by Crippen LogP contribution is -2.31. The van der Waals surface area contributed by atoms with Crippen molar-refractivity contribution in [2.45, 2.75) is 45.6 Å². The summed E-state index contributed by atoms with van der Waals surface area (Å²) in [5.74, 6) is -0.595. The Bertz CT molecular complexity index is 318. The highest BCUT2D eigenvalue weighted by Crippen LogP contribution is 2.37. The molecule has 0 saturated carbocycles. The quantitative estimate of drug-likeness (QED) is 0.365. The average Bonchev–Trinajstić information content (AvgIpc) is 2.32. The van der Waals surface area contributed by atoms with E-state index in [1.807, 2.05) is 13.8 Å². The van der Waals surface area contributed by atoms with Crippen molar-refractivity contribution in [3.63, 3.8) is 0 Å². The molecule has 0 saturated heterocycles. The molecule has 112 valence electrons. The summed E-state index contributed by atoms with van der Waals surface area (Å²) in [6.07, 6.45) is 3.74. The van der Waals surface area contributed by atoms with Crippen molar-refractivity contribution in [2.75, 3.05) is 6.61 Å². The fraction of sp³-hybridized carbons (Fsp3) is 0.750. The summed E-state index contributed by atoms with van der Waals surface area (Å²) in [4.78, 5) is 28.7. The molecule has 0 fully saturated rings. The van der Waals surface area contributed by atoms with E-state index in [0.717, 1.165) is 31.8 Å². The first-order valence-electron chi connectivity index (χ1n) is 6.37. The van der Waals surface area contributed by atoms with Gasteiger partial charge in [-0.25, -0.2) is 9.36 Å². The molecule has 2 N–H and O–H groups in total. The highest BCUT2D eigenvalue weighted by atomic mass is 31.2. The van der Waals surface area contributed by atoms with E-state index in [1.54, 1.807) is 0 Å². The average molecular weight is 294 g/mol. The van der Waals surface area contributed by atoms with Crippen molar-refractivity contribution in [3.05, 3.63) is 12.7 Å². The second-order valence-corrected chi connectivity index (χ2v) is 5.54. The molecule has 0 aromatic carbocycles. The molecular weight excluding hydrogens is 271 g/mol. The Morgan fingerprint density at radius 3 is 2.21 bits per heavy atom. The van der Waals surface area contributed by atoms with E-state index in [4.69, 9.17) is 14.5 Å². The summed E-state index contributed by atoms with van der Waals surface area (Å²) in [6, 6.07) is 0. The number of ether oxygens (including phenoxy) is 1. The first-order valence-corrected chi connectivity index (χ1v) is 7.90. The molecule has 19 heavy (non-hydrogen) atoms. The summed E-state index contributed by atoms with van der Waals surface area (Å²) in [5.41, 5.74) is 0. The predicted octanol–water partition coefficient (Wildman–Crippen LogP) is 2.41. The lowest BCUT2D eigenvalue weighted by Gasteiger charge is -2.26. The number of phosphoric acid groups is 1. The SMILES string of the molecule is C=CC(=O)OC(COP(=O)(O)O)C(CCC)CCC. The van der Waals surface area contributed by atoms with Crippen LogP contribution in [0, 0.1) is 5.92 Å². The Morgan fingerprint density at radius 1 is 1.32 bits per heavy atom. The predicted molar refractivity (Wildman–Crippen MR) is 71.4 cm³/mol. The maximum Gasteiger partial charge on any atom is 0.469 e. The molecule has 7 heteroatoms. The Morgan fingerprint density at radius 2 is 1.84 bits per heavy atom. The van der Waals surface area contributed by atoms with Crippen molar-refractivity contribution in [3.8, 4) is 0 Å². The molecular formula is C12H23O6P. The Hall–Kier alpha value is -0.680. The van der Waals surface area contributed by atoms with Crippen molar-refractivity contribution in [1.29, 1.82) is 0 Å². The highest BCUT2D eigenvalue weighted by Gasteiger charge is 2.27. The van der Waals surface area contributed by atoms with Crippen LogP contribution in [0.3, 0.4) is 0 Å². The summed E-state index contributed by atoms with van der Waals surface area (Å²) in [6.45, 7) is 6.99. The molecule has 0 heterocycles. The zero-order valence-corrected chi connectivity index (χ0v) is 12.3. The summed E-state index contributed by atoms with van der Waals surface area (Å²) in [5, 5.41) is 0. The monoisotopic (exact) mass is 294 g/mol. The number of carbonyl (C=O) groups is 1. The minimum Gasteiger partial charge on any atom is -0.456 e. The highest BCUT2D eigenvalue weighted by molar-refractivity contribution is 7.46. The number of hydrogen-bond donors (Lipinski definition) is 2. The second-order valence-electron chi connectivity index (χ2n) is 4.30. The Balaban J connectivity index is 4.73. The van der Waals surface area contributed by atoms with Crippen LogP contribution < -0.4 is 0 Å². The van der Waals surface area contributed by atoms with Crippen LogP contribution in [0.1, 0.15) is 39.5 Å². The van der Waals surface area contributed by atoms with Gasteiger partial charge in [-0.15, -0.1) is 0 Å². The van der Waals surface area contributed by atoms with E-state index in [1.165, 1.54) is 0 Å². The molecule has 0 aliphatic rings. The van der Waals surface area contributed by atoms with Crippen LogP contribution in [-0.4, -0.2) is 28.5 Å². The normalized spacial score (nSPS) is 13.3. The van der Waals surface area contributed by atoms with Gasteiger partial charge < -0.3 is 14.5 Å². The third-order valence-electron chi connectivity index (χ3n) is 2.69. The van der Waals surface area contributed by atoms with Crippen LogP contribution in [0.25, 0.3) is 0 Å². The van der Waals surface area contributed by atoms with Gasteiger partial charge in [-0.3, -0.25) is 4.52 Å². The third-order valence-corrected chi connectivity index (χ3v) is 3.17. The lowest BCUT2D eigenvalue weighted by molar-refractivity contribution is -0.148. The van der Waals surface area contributed by atoms with E-state index in [0.29, 0.717) is 0 Å². The smallest absolute Gasteiger partial charge is 0.456 e. The molecule has 6 nitrogen and oxygen atoms in total. The van der Waals surface area contributed by atoms with Gasteiger partial charge >= 0.3 is 13.8 Å². The van der Waals surface area contributed by atoms with Crippen molar-refractivity contribution < 1.29 is 28.4 Å². The zero-order chi connectivity index (χ0) is 14.9. The lowest BCUT2D eigenvalue weighted by atomic mass is 9.92. The molecule has 0 spiro atoms. The van der Waals surface area contributed by atoms with Crippen molar-refractivity contribution in [1.82, 2.24) is 0 Å². The van der Waals surface area contributed by atoms with Crippen LogP contribution in [0.2, 0.25) is 0 Å². The summed E-state index contributed by atoms with van der Waals surface area (Å²) >= 11 is 0. The van der Waals surface area contributed by atoms with E-state index < -0.39 is 19.9 Å². The van der Waals surface area contributed by atoms with Gasteiger partial charge in [0.25, 0.3) is 0 Å². The first-order chi connectivity index (χ1) is 8.84. The Labute approximate surface area is 114 Å². The minimum absolute atomic E-state index is 0.0189. The standard InChI is InChI=1S/C12H23O6P/c1-4-7-10(8-5-2)11(18-12(13)6-3)9-17-19(14,15)16/h6,10-11H,3-5,7-9H2,1-2H3,(H2,14,15,16). The van der Waals surface area contributed by atoms with Crippen LogP contribution >= 0.6 is 7.82 Å². The fourth-order valence-corrected chi connectivity index (χ4v) is 2.23. The van der Waals surface area contributed by atoms with Gasteiger partial charge in [-0.05, 0) is 18.8 Å². The van der Waals surface area contributed by atoms with Gasteiger partial charge in [0.05, 0.1) is 6.61 Å². The number of phosphoric ester groups is 1. The van der Waals surface area contributed by atoms with E-state index >= 15 is 0 Å². The van der Waals surface area contributed by atoms with E-state index in [9.17, 15) is 9.36 Å². The van der Waals surface area contributed by atoms with Crippen LogP contribution in [-0.2, 0) is 18.6 Å². The zero-order valence-electron chi connectivity index (χ0n) is 11.4. The number of carbonyl (C=O) groups excluding carboxylic acids is 1. The molecule has 0 aliphatic carbocycles. The number of esters is 1. The molecule has 0 aromatic heterocycles. The minimum atomic E-state index is -4.57. The largest absolute Gasteiger partial charge is 0.469 e. The third kappa shape index (κ3) is 8.94. The van der Waals surface area contributed by atoms with Crippen LogP contribution in [0.15, 0.2) is 12.7 Å². The molecule has 0 aliphatic heterocycles. The van der Waals surface area contributed by atoms with E-state index in [2.05, 4.69) is 11.1 Å². The molecule has 0 radical (unpaired) electrons. The summed E-state index contributed by atoms with van der Waals surface area (Å²) in [7, 11) is -4.57. The number of hydrogen-bond acceptors (Lipinski definition) is 4. The van der Waals surface area contributed by atoms with Crippen LogP contribution in [0.5, 0.6) is 0 Å². The first kappa shape index (κ1) is 18.3. The topological polar surface area (TPSA) is 93.1 Å². The van der Waals surface area contributed by atoms with Gasteiger partial charge in [0.1, 0.15) is 6.10 Å². The number of rotatable bonds is 10. The van der Waals surface area contributed by atoms with E-state index in [-0.39, 0.29) is 12.5 Å². The summed E-state index contributed by atoms with van der Waals surface area (Å²) < 4.78 is 20.3. The molecule has 1 atom stereocenters. The van der Waals surface area contributed by atoms with Gasteiger partial charge in [-0.1, -0.05) is 33.3 Å². The van der Waals surface area contributed by atoms with Crippen molar-refractivity contribution >= 4 is 13.8 Å². The molecule has 0 aromatic rings. The van der Waals surface area contributed by atoms with Crippen molar-refractivity contribution in [2.24, 2.45) is 5.92 Å². The molecule has 0 amide bonds. The maximum absolute atomic E-state index is 11.3. The van der Waals surface area contributed by atoms with Crippen LogP contribution in [0.4, 0.5) is 0 Å².